The molecule has 0 fully saturated rings. The van der Waals surface area contributed by atoms with Gasteiger partial charge in [-0.1, -0.05) is 82.7 Å². The highest BCUT2D eigenvalue weighted by atomic mass is 79.9. The van der Waals surface area contributed by atoms with E-state index in [1.807, 2.05) is 6.92 Å². The second-order valence-electron chi connectivity index (χ2n) is 14.2. The largest absolute Gasteiger partial charge is 0.504 e. The van der Waals surface area contributed by atoms with Crippen molar-refractivity contribution in [3.05, 3.63) is 129 Å². The van der Waals surface area contributed by atoms with Gasteiger partial charge in [-0.05, 0) is 72.7 Å². The Balaban J connectivity index is 1.53. The lowest BCUT2D eigenvalue weighted by molar-refractivity contribution is -0.142. The average molecular weight is 932 g/mol. The summed E-state index contributed by atoms with van der Waals surface area (Å²) in [6, 6.07) is 17.4. The molecule has 61 heavy (non-hydrogen) atoms. The van der Waals surface area contributed by atoms with E-state index >= 15 is 0 Å². The molecule has 15 nitrogen and oxygen atoms in total. The Morgan fingerprint density at radius 1 is 0.787 bits per heavy atom. The highest BCUT2D eigenvalue weighted by Gasteiger charge is 2.50. The van der Waals surface area contributed by atoms with Crippen molar-refractivity contribution in [1.82, 2.24) is 21.3 Å². The minimum absolute atomic E-state index is 0.0483. The Bertz CT molecular complexity index is 2240. The zero-order chi connectivity index (χ0) is 44.9. The van der Waals surface area contributed by atoms with Crippen LogP contribution in [0.4, 0.5) is 8.78 Å². The van der Waals surface area contributed by atoms with E-state index in [1.165, 1.54) is 25.3 Å². The van der Waals surface area contributed by atoms with Gasteiger partial charge in [0.2, 0.25) is 17.7 Å². The Kier molecular flexibility index (Phi) is 17.1. The zero-order valence-corrected chi connectivity index (χ0v) is 35.6. The van der Waals surface area contributed by atoms with Crippen molar-refractivity contribution >= 4 is 53.1 Å². The van der Waals surface area contributed by atoms with Crippen LogP contribution in [0.2, 0.25) is 0 Å². The number of carboxylic acids is 1. The number of methoxy groups -OCH3 is 1. The molecule has 0 saturated carbocycles. The van der Waals surface area contributed by atoms with Gasteiger partial charge in [0.05, 0.1) is 13.5 Å². The molecule has 0 spiro atoms. The van der Waals surface area contributed by atoms with Crippen LogP contribution in [-0.2, 0) is 48.7 Å². The summed E-state index contributed by atoms with van der Waals surface area (Å²) in [5.74, 6) is -4.18. The molecule has 4 amide bonds. The Labute approximate surface area is 358 Å². The predicted octanol–water partition coefficient (Wildman–Crippen LogP) is 4.87. The number of alkyl halides is 2. The molecule has 4 aromatic rings. The first-order valence-corrected chi connectivity index (χ1v) is 21.3. The predicted molar refractivity (Wildman–Crippen MR) is 223 cm³/mol. The number of carbonyl (C=O) groups excluding carboxylic acids is 4. The summed E-state index contributed by atoms with van der Waals surface area (Å²) in [6.45, 7) is 2.08. The lowest BCUT2D eigenvalue weighted by Crippen LogP contribution is -2.57. The van der Waals surface area contributed by atoms with Crippen molar-refractivity contribution in [2.75, 3.05) is 13.7 Å². The van der Waals surface area contributed by atoms with Gasteiger partial charge in [0.15, 0.2) is 11.5 Å². The molecule has 0 aliphatic rings. The summed E-state index contributed by atoms with van der Waals surface area (Å²) in [5, 5.41) is 30.4. The number of hydrogen-bond acceptors (Lipinski definition) is 8. The Morgan fingerprint density at radius 2 is 1.38 bits per heavy atom. The molecule has 4 rings (SSSR count). The number of phenolic OH excluding ortho intramolecular Hbond substituents is 1. The molecule has 0 radical (unpaired) electrons. The number of benzene rings is 4. The lowest BCUT2D eigenvalue weighted by Gasteiger charge is -2.25. The number of carboxylic acid groups (broad SMARTS) is 1. The van der Waals surface area contributed by atoms with E-state index in [4.69, 9.17) is 4.74 Å². The number of unbranched alkanes of at least 4 members (excludes halogenated alkanes) is 1. The second kappa shape index (κ2) is 21.7. The van der Waals surface area contributed by atoms with E-state index in [9.17, 15) is 57.3 Å². The van der Waals surface area contributed by atoms with Crippen LogP contribution in [-0.4, -0.2) is 81.4 Å². The van der Waals surface area contributed by atoms with Crippen molar-refractivity contribution in [2.45, 2.75) is 69.2 Å². The van der Waals surface area contributed by atoms with Crippen LogP contribution < -0.4 is 26.0 Å². The number of halogens is 3. The maximum absolute atomic E-state index is 14.4. The normalized spacial score (nSPS) is 13.0. The van der Waals surface area contributed by atoms with Crippen LogP contribution in [0, 0.1) is 6.92 Å². The number of carbonyl (C=O) groups is 5. The summed E-state index contributed by atoms with van der Waals surface area (Å²) in [4.78, 5) is 84.5. The van der Waals surface area contributed by atoms with Gasteiger partial charge in [-0.15, -0.1) is 0 Å². The first-order chi connectivity index (χ1) is 28.8. The fourth-order valence-electron chi connectivity index (χ4n) is 6.09. The van der Waals surface area contributed by atoms with Gasteiger partial charge in [0.25, 0.3) is 5.91 Å². The lowest BCUT2D eigenvalue weighted by atomic mass is 10.0. The standard InChI is InChI=1S/C42H46BrF2N4O11P/c1-25-11-15-29(24-31(25)43)38(52)46-19-7-6-10-32(41(55)56)48-40(54)34(21-27-12-16-30(17-13-27)42(44,45)61(57,58)59)49-39(53)33(20-26-8-4-3-5-9-26)47-37(51)23-28-14-18-35(50)36(22-28)60-2/h3-5,8-9,11-18,22,24,32-34,50H,6-7,10,19-21,23H2,1-2H3,(H,46,52)(H,47,51)(H,48,54)(H,49,53)(H,55,56)(H2,57,58,59)/t32-,33-,34-/m0/s1. The number of ether oxygens (including phenoxy) is 1. The molecule has 0 saturated heterocycles. The highest BCUT2D eigenvalue weighted by Crippen LogP contribution is 2.59. The first-order valence-electron chi connectivity index (χ1n) is 18.9. The molecule has 4 aromatic carbocycles. The number of rotatable bonds is 21. The third kappa shape index (κ3) is 13.9. The number of aryl methyl sites for hydroxylation is 1. The SMILES string of the molecule is COc1cc(CC(=O)N[C@@H](Cc2ccccc2)C(=O)N[C@@H](Cc2ccc(C(F)(F)P(=O)(O)O)cc2)C(=O)N[C@@H](CCCCNC(=O)c2ccc(C)c(Br)c2)C(=O)O)ccc1O. The fourth-order valence-corrected chi connectivity index (χ4v) is 6.95. The molecule has 0 unspecified atom stereocenters. The minimum atomic E-state index is -5.90. The Hall–Kier alpha value is -5.68. The van der Waals surface area contributed by atoms with Crippen molar-refractivity contribution in [3.8, 4) is 11.5 Å². The van der Waals surface area contributed by atoms with E-state index < -0.39 is 67.1 Å². The number of aliphatic carboxylic acids is 1. The minimum Gasteiger partial charge on any atom is -0.504 e. The number of hydrogen-bond donors (Lipinski definition) is 8. The molecule has 326 valence electrons. The molecule has 0 bridgehead atoms. The van der Waals surface area contributed by atoms with Crippen LogP contribution in [0.5, 0.6) is 11.5 Å². The highest BCUT2D eigenvalue weighted by molar-refractivity contribution is 9.10. The van der Waals surface area contributed by atoms with E-state index in [0.29, 0.717) is 23.1 Å². The molecular formula is C42H46BrF2N4O11P. The topological polar surface area (TPSA) is 241 Å². The van der Waals surface area contributed by atoms with Gasteiger partial charge < -0.3 is 46.0 Å². The van der Waals surface area contributed by atoms with Gasteiger partial charge >= 0.3 is 19.2 Å². The first kappa shape index (κ1) is 48.0. The molecule has 0 aromatic heterocycles. The van der Waals surface area contributed by atoms with Gasteiger partial charge in [0, 0.05) is 35.0 Å². The van der Waals surface area contributed by atoms with Crippen LogP contribution >= 0.6 is 23.5 Å². The third-order valence-corrected chi connectivity index (χ3v) is 11.4. The Morgan fingerprint density at radius 3 is 1.97 bits per heavy atom. The number of phenols is 1. The quantitative estimate of drug-likeness (QED) is 0.0415. The number of amides is 4. The summed E-state index contributed by atoms with van der Waals surface area (Å²) >= 11 is 3.39. The summed E-state index contributed by atoms with van der Waals surface area (Å²) in [7, 11) is -4.56. The van der Waals surface area contributed by atoms with E-state index in [-0.39, 0.29) is 55.2 Å². The number of aromatic hydroxyl groups is 1. The molecule has 0 heterocycles. The maximum atomic E-state index is 14.4. The van der Waals surface area contributed by atoms with Gasteiger partial charge in [-0.25, -0.2) is 4.79 Å². The maximum Gasteiger partial charge on any atom is 0.399 e. The van der Waals surface area contributed by atoms with E-state index in [1.54, 1.807) is 48.5 Å². The molecule has 3 atom stereocenters. The molecular weight excluding hydrogens is 885 g/mol. The van der Waals surface area contributed by atoms with Crippen LogP contribution in [0.1, 0.15) is 57.4 Å². The molecule has 19 heteroatoms. The number of nitrogens with one attached hydrogen (secondary N) is 4. The van der Waals surface area contributed by atoms with Gasteiger partial charge in [-0.3, -0.25) is 23.7 Å². The van der Waals surface area contributed by atoms with Crippen molar-refractivity contribution in [3.63, 3.8) is 0 Å². The van der Waals surface area contributed by atoms with Crippen molar-refractivity contribution in [1.29, 1.82) is 0 Å². The zero-order valence-electron chi connectivity index (χ0n) is 33.1. The smallest absolute Gasteiger partial charge is 0.399 e. The van der Waals surface area contributed by atoms with Gasteiger partial charge in [0.1, 0.15) is 18.1 Å². The van der Waals surface area contributed by atoms with Crippen LogP contribution in [0.15, 0.2) is 95.5 Å². The monoisotopic (exact) mass is 930 g/mol. The summed E-state index contributed by atoms with van der Waals surface area (Å²) < 4.78 is 46.2. The summed E-state index contributed by atoms with van der Waals surface area (Å²) in [6.07, 6.45) is -0.159. The van der Waals surface area contributed by atoms with Crippen molar-refractivity contribution in [2.24, 2.45) is 0 Å². The van der Waals surface area contributed by atoms with Gasteiger partial charge in [-0.2, -0.15) is 8.78 Å². The van der Waals surface area contributed by atoms with Crippen LogP contribution in [0.3, 0.4) is 0 Å². The molecule has 8 N–H and O–H groups in total. The fraction of sp³-hybridized carbons (Fsp3) is 0.310. The average Bonchev–Trinajstić information content (AvgIpc) is 3.21. The molecule has 0 aliphatic carbocycles. The van der Waals surface area contributed by atoms with E-state index in [0.717, 1.165) is 34.3 Å². The third-order valence-electron chi connectivity index (χ3n) is 9.54. The van der Waals surface area contributed by atoms with E-state index in [2.05, 4.69) is 37.2 Å². The second-order valence-corrected chi connectivity index (χ2v) is 16.7. The molecule has 0 aliphatic heterocycles. The summed E-state index contributed by atoms with van der Waals surface area (Å²) in [5.41, 5.74) is -2.92. The van der Waals surface area contributed by atoms with Crippen molar-refractivity contribution < 1.29 is 62.1 Å². The van der Waals surface area contributed by atoms with Crippen LogP contribution in [0.25, 0.3) is 0 Å².